The van der Waals surface area contributed by atoms with Crippen LogP contribution >= 0.6 is 34.8 Å². The topological polar surface area (TPSA) is 64.6 Å². The van der Waals surface area contributed by atoms with Crippen LogP contribution in [0.1, 0.15) is 0 Å². The maximum absolute atomic E-state index is 11.9. The van der Waals surface area contributed by atoms with E-state index >= 15 is 0 Å². The molecule has 0 saturated carbocycles. The molecule has 0 fully saturated rings. The third-order valence-electron chi connectivity index (χ3n) is 1.79. The lowest BCUT2D eigenvalue weighted by molar-refractivity contribution is 0.0438. The van der Waals surface area contributed by atoms with Crippen LogP contribution in [0.4, 0.5) is 0 Å². The first-order chi connectivity index (χ1) is 8.38. The van der Waals surface area contributed by atoms with Gasteiger partial charge in [0.05, 0.1) is 23.3 Å². The van der Waals surface area contributed by atoms with E-state index in [0.717, 1.165) is 0 Å². The monoisotopic (exact) mass is 333 g/mol. The predicted molar refractivity (Wildman–Crippen MR) is 69.6 cm³/mol. The van der Waals surface area contributed by atoms with E-state index in [1.807, 2.05) is 4.89 Å². The van der Waals surface area contributed by atoms with Crippen LogP contribution in [-0.2, 0) is 19.6 Å². The molecular formula is C9H10Cl3NO4S. The standard InChI is InChI=1S/C9H10Cl3NO4S/c1-16-2-3-17-13-18(14,15)9-7(11)4-6(10)5-8(9)12/h4-5,13H,2-3H2,1H3. The molecule has 0 bridgehead atoms. The number of rotatable bonds is 6. The van der Waals surface area contributed by atoms with Crippen molar-refractivity contribution in [1.29, 1.82) is 0 Å². The minimum absolute atomic E-state index is 0.0541. The van der Waals surface area contributed by atoms with E-state index in [4.69, 9.17) is 44.4 Å². The maximum atomic E-state index is 11.9. The molecule has 102 valence electrons. The van der Waals surface area contributed by atoms with Gasteiger partial charge < -0.3 is 4.74 Å². The fourth-order valence-electron chi connectivity index (χ4n) is 1.07. The fraction of sp³-hybridized carbons (Fsp3) is 0.333. The summed E-state index contributed by atoms with van der Waals surface area (Å²) in [6, 6.07) is 2.55. The number of methoxy groups -OCH3 is 1. The molecule has 0 amide bonds. The van der Waals surface area contributed by atoms with Crippen LogP contribution in [0.3, 0.4) is 0 Å². The average Bonchev–Trinajstić information content (AvgIpc) is 2.22. The number of hydrogen-bond donors (Lipinski definition) is 1. The summed E-state index contributed by atoms with van der Waals surface area (Å²) >= 11 is 17.3. The SMILES string of the molecule is COCCONS(=O)(=O)c1c(Cl)cc(Cl)cc1Cl. The van der Waals surface area contributed by atoms with Gasteiger partial charge in [0.25, 0.3) is 10.0 Å². The van der Waals surface area contributed by atoms with Crippen LogP contribution in [0, 0.1) is 0 Å². The Hall–Kier alpha value is -0.0800. The van der Waals surface area contributed by atoms with E-state index in [1.165, 1.54) is 19.2 Å². The molecule has 18 heavy (non-hydrogen) atoms. The Bertz CT molecular complexity index is 498. The second-order valence-corrected chi connectivity index (χ2v) is 5.96. The van der Waals surface area contributed by atoms with Crippen molar-refractivity contribution in [3.8, 4) is 0 Å². The summed E-state index contributed by atoms with van der Waals surface area (Å²) in [6.45, 7) is 0.295. The van der Waals surface area contributed by atoms with Crippen molar-refractivity contribution in [2.24, 2.45) is 0 Å². The van der Waals surface area contributed by atoms with Crippen molar-refractivity contribution in [2.75, 3.05) is 20.3 Å². The lowest BCUT2D eigenvalue weighted by Gasteiger charge is -2.10. The van der Waals surface area contributed by atoms with Crippen molar-refractivity contribution in [1.82, 2.24) is 4.89 Å². The number of nitrogens with one attached hydrogen (secondary N) is 1. The van der Waals surface area contributed by atoms with Gasteiger partial charge >= 0.3 is 0 Å². The minimum atomic E-state index is -3.97. The normalized spacial score (nSPS) is 11.8. The molecule has 0 saturated heterocycles. The first-order valence-electron chi connectivity index (χ1n) is 4.65. The van der Waals surface area contributed by atoms with E-state index in [0.29, 0.717) is 0 Å². The van der Waals surface area contributed by atoms with Gasteiger partial charge in [0.15, 0.2) is 0 Å². The summed E-state index contributed by atoms with van der Waals surface area (Å²) in [6.07, 6.45) is 0. The summed E-state index contributed by atoms with van der Waals surface area (Å²) in [5, 5.41) is 0.0648. The van der Waals surface area contributed by atoms with Crippen LogP contribution in [0.5, 0.6) is 0 Å². The zero-order valence-corrected chi connectivity index (χ0v) is 12.3. The van der Waals surface area contributed by atoms with Gasteiger partial charge in [-0.25, -0.2) is 8.42 Å². The van der Waals surface area contributed by atoms with Crippen LogP contribution in [0.25, 0.3) is 0 Å². The molecule has 0 heterocycles. The Labute approximate surface area is 120 Å². The molecule has 0 atom stereocenters. The van der Waals surface area contributed by atoms with E-state index in [9.17, 15) is 8.42 Å². The first-order valence-corrected chi connectivity index (χ1v) is 7.27. The summed E-state index contributed by atoms with van der Waals surface area (Å²) in [5.41, 5.74) is 0. The third-order valence-corrected chi connectivity index (χ3v) is 4.14. The first kappa shape index (κ1) is 16.0. The van der Waals surface area contributed by atoms with E-state index < -0.39 is 10.0 Å². The molecule has 1 N–H and O–H groups in total. The number of ether oxygens (including phenoxy) is 1. The molecule has 1 aromatic carbocycles. The van der Waals surface area contributed by atoms with E-state index in [2.05, 4.69) is 0 Å². The van der Waals surface area contributed by atoms with Crippen LogP contribution in [0.2, 0.25) is 15.1 Å². The van der Waals surface area contributed by atoms with Crippen molar-refractivity contribution in [3.63, 3.8) is 0 Å². The minimum Gasteiger partial charge on any atom is -0.382 e. The summed E-state index contributed by atoms with van der Waals surface area (Å²) in [7, 11) is -2.51. The van der Waals surface area contributed by atoms with E-state index in [-0.39, 0.29) is 33.2 Å². The Morgan fingerprint density at radius 1 is 1.17 bits per heavy atom. The van der Waals surface area contributed by atoms with Gasteiger partial charge in [-0.1, -0.05) is 39.7 Å². The number of halogens is 3. The zero-order chi connectivity index (χ0) is 13.8. The van der Waals surface area contributed by atoms with Crippen molar-refractivity contribution in [3.05, 3.63) is 27.2 Å². The second-order valence-electron chi connectivity index (χ2n) is 3.13. The fourth-order valence-corrected chi connectivity index (χ4v) is 3.45. The van der Waals surface area contributed by atoms with Crippen LogP contribution in [0.15, 0.2) is 17.0 Å². The lowest BCUT2D eigenvalue weighted by Crippen LogP contribution is -2.26. The highest BCUT2D eigenvalue weighted by molar-refractivity contribution is 7.89. The van der Waals surface area contributed by atoms with E-state index in [1.54, 1.807) is 0 Å². The van der Waals surface area contributed by atoms with Gasteiger partial charge in [-0.15, -0.1) is 0 Å². The molecule has 5 nitrogen and oxygen atoms in total. The maximum Gasteiger partial charge on any atom is 0.265 e. The van der Waals surface area contributed by atoms with Gasteiger partial charge in [-0.05, 0) is 12.1 Å². The van der Waals surface area contributed by atoms with Crippen molar-refractivity contribution >= 4 is 44.8 Å². The Balaban J connectivity index is 2.92. The lowest BCUT2D eigenvalue weighted by atomic mass is 10.4. The molecule has 0 aromatic heterocycles. The zero-order valence-electron chi connectivity index (χ0n) is 9.24. The molecule has 0 aliphatic carbocycles. The predicted octanol–water partition coefficient (Wildman–Crippen LogP) is 2.50. The molecule has 1 rings (SSSR count). The molecule has 0 aliphatic heterocycles. The second kappa shape index (κ2) is 6.91. The molecule has 0 radical (unpaired) electrons. The van der Waals surface area contributed by atoms with Gasteiger partial charge in [0, 0.05) is 12.1 Å². The highest BCUT2D eigenvalue weighted by Gasteiger charge is 2.22. The summed E-state index contributed by atoms with van der Waals surface area (Å²) in [4.78, 5) is 6.33. The van der Waals surface area contributed by atoms with Gasteiger partial charge in [-0.3, -0.25) is 4.84 Å². The Kier molecular flexibility index (Phi) is 6.13. The number of hydrogen-bond acceptors (Lipinski definition) is 4. The van der Waals surface area contributed by atoms with Crippen LogP contribution in [-0.4, -0.2) is 28.7 Å². The molecule has 0 aliphatic rings. The van der Waals surface area contributed by atoms with Crippen molar-refractivity contribution < 1.29 is 18.0 Å². The van der Waals surface area contributed by atoms with Crippen LogP contribution < -0.4 is 4.89 Å². The third kappa shape index (κ3) is 4.24. The van der Waals surface area contributed by atoms with Crippen molar-refractivity contribution in [2.45, 2.75) is 4.90 Å². The average molecular weight is 335 g/mol. The number of sulfonamides is 1. The smallest absolute Gasteiger partial charge is 0.265 e. The molecular weight excluding hydrogens is 325 g/mol. The summed E-state index contributed by atoms with van der Waals surface area (Å²) in [5.74, 6) is 0. The number of benzene rings is 1. The quantitative estimate of drug-likeness (QED) is 0.641. The highest BCUT2D eigenvalue weighted by Crippen LogP contribution is 2.32. The molecule has 0 unspecified atom stereocenters. The molecule has 9 heteroatoms. The largest absolute Gasteiger partial charge is 0.382 e. The molecule has 0 spiro atoms. The summed E-state index contributed by atoms with van der Waals surface area (Å²) < 4.78 is 28.4. The Morgan fingerprint density at radius 3 is 2.22 bits per heavy atom. The van der Waals surface area contributed by atoms with Gasteiger partial charge in [0.2, 0.25) is 0 Å². The molecule has 1 aromatic rings. The Morgan fingerprint density at radius 2 is 1.72 bits per heavy atom. The van der Waals surface area contributed by atoms with Gasteiger partial charge in [-0.2, -0.15) is 0 Å². The van der Waals surface area contributed by atoms with Gasteiger partial charge in [0.1, 0.15) is 4.90 Å². The highest BCUT2D eigenvalue weighted by atomic mass is 35.5.